The largest absolute Gasteiger partial charge is 0.307 e. The van der Waals surface area contributed by atoms with Crippen molar-refractivity contribution >= 4 is 11.5 Å². The molecule has 1 heterocycles. The van der Waals surface area contributed by atoms with Crippen molar-refractivity contribution in [3.05, 3.63) is 30.1 Å². The molecule has 0 spiro atoms. The molecule has 0 aliphatic rings. The van der Waals surface area contributed by atoms with E-state index in [2.05, 4.69) is 22.2 Å². The zero-order chi connectivity index (χ0) is 13.4. The van der Waals surface area contributed by atoms with Gasteiger partial charge in [-0.3, -0.25) is 14.8 Å². The summed E-state index contributed by atoms with van der Waals surface area (Å²) in [6.45, 7) is 7.03. The molecule has 0 aliphatic heterocycles. The van der Waals surface area contributed by atoms with Crippen LogP contribution in [0.4, 0.5) is 0 Å². The Labute approximate surface area is 109 Å². The molecule has 0 fully saturated rings. The van der Waals surface area contributed by atoms with Gasteiger partial charge in [0.25, 0.3) is 0 Å². The molecule has 18 heavy (non-hydrogen) atoms. The summed E-state index contributed by atoms with van der Waals surface area (Å²) in [5.74, 6) is 0.158. The fourth-order valence-electron chi connectivity index (χ4n) is 1.68. The molecule has 0 aliphatic carbocycles. The molecule has 4 nitrogen and oxygen atoms in total. The van der Waals surface area contributed by atoms with Gasteiger partial charge in [-0.2, -0.15) is 0 Å². The fourth-order valence-corrected chi connectivity index (χ4v) is 1.68. The lowest BCUT2D eigenvalue weighted by Crippen LogP contribution is -2.22. The summed E-state index contributed by atoms with van der Waals surface area (Å²) in [5.41, 5.74) is 1.93. The van der Waals surface area contributed by atoms with Crippen molar-refractivity contribution in [2.24, 2.45) is 4.99 Å². The Morgan fingerprint density at radius 2 is 2.22 bits per heavy atom. The number of hydrogen-bond donors (Lipinski definition) is 1. The predicted molar refractivity (Wildman–Crippen MR) is 73.9 cm³/mol. The number of carbonyl (C=O) groups is 1. The standard InChI is InChI=1S/C14H21N3O/c1-11(10-12(2)18)15-8-9-16-13(3)14-6-4-5-7-17-14/h4-7,13,16H,8-10H2,1-3H3. The fraction of sp³-hybridized carbons (Fsp3) is 0.500. The van der Waals surface area contributed by atoms with E-state index >= 15 is 0 Å². The maximum atomic E-state index is 10.9. The molecule has 1 rings (SSSR count). The van der Waals surface area contributed by atoms with Crippen molar-refractivity contribution in [2.45, 2.75) is 33.2 Å². The van der Waals surface area contributed by atoms with Crippen LogP contribution in [0.15, 0.2) is 29.4 Å². The zero-order valence-corrected chi connectivity index (χ0v) is 11.3. The second-order valence-electron chi connectivity index (χ2n) is 4.43. The maximum absolute atomic E-state index is 10.9. The maximum Gasteiger partial charge on any atom is 0.135 e. The third-order valence-electron chi connectivity index (χ3n) is 2.58. The molecule has 0 saturated heterocycles. The summed E-state index contributed by atoms with van der Waals surface area (Å²) in [5, 5.41) is 3.35. The highest BCUT2D eigenvalue weighted by Crippen LogP contribution is 2.06. The van der Waals surface area contributed by atoms with Crippen LogP contribution in [0.5, 0.6) is 0 Å². The molecule has 1 unspecified atom stereocenters. The first-order valence-corrected chi connectivity index (χ1v) is 6.23. The summed E-state index contributed by atoms with van der Waals surface area (Å²) in [6.07, 6.45) is 2.25. The van der Waals surface area contributed by atoms with Gasteiger partial charge in [-0.1, -0.05) is 6.07 Å². The first kappa shape index (κ1) is 14.5. The Balaban J connectivity index is 2.28. The summed E-state index contributed by atoms with van der Waals surface area (Å²) < 4.78 is 0. The highest BCUT2D eigenvalue weighted by molar-refractivity contribution is 5.99. The Hall–Kier alpha value is -1.55. The molecule has 0 radical (unpaired) electrons. The average Bonchev–Trinajstić information content (AvgIpc) is 2.34. The van der Waals surface area contributed by atoms with Gasteiger partial charge in [-0.25, -0.2) is 0 Å². The van der Waals surface area contributed by atoms with Gasteiger partial charge >= 0.3 is 0 Å². The Morgan fingerprint density at radius 1 is 1.44 bits per heavy atom. The van der Waals surface area contributed by atoms with Gasteiger partial charge in [0.15, 0.2) is 0 Å². The van der Waals surface area contributed by atoms with E-state index in [1.807, 2.05) is 25.1 Å². The Bertz CT molecular complexity index is 401. The van der Waals surface area contributed by atoms with E-state index in [0.29, 0.717) is 13.0 Å². The van der Waals surface area contributed by atoms with Crippen LogP contribution in [0.1, 0.15) is 38.9 Å². The molecule has 1 atom stereocenters. The van der Waals surface area contributed by atoms with Gasteiger partial charge in [0.05, 0.1) is 12.2 Å². The molecule has 98 valence electrons. The molecule has 0 bridgehead atoms. The van der Waals surface area contributed by atoms with E-state index in [9.17, 15) is 4.79 Å². The van der Waals surface area contributed by atoms with Crippen LogP contribution in [-0.4, -0.2) is 29.6 Å². The zero-order valence-electron chi connectivity index (χ0n) is 11.3. The highest BCUT2D eigenvalue weighted by atomic mass is 16.1. The Morgan fingerprint density at radius 3 is 2.83 bits per heavy atom. The van der Waals surface area contributed by atoms with Crippen LogP contribution >= 0.6 is 0 Å². The molecule has 1 N–H and O–H groups in total. The number of aliphatic imine (C=N–C) groups is 1. The third-order valence-corrected chi connectivity index (χ3v) is 2.58. The SMILES string of the molecule is CC(=O)CC(C)=NCCNC(C)c1ccccn1. The van der Waals surface area contributed by atoms with Crippen LogP contribution in [0.3, 0.4) is 0 Å². The molecule has 0 aromatic carbocycles. The minimum absolute atomic E-state index is 0.158. The minimum atomic E-state index is 0.158. The molecule has 4 heteroatoms. The van der Waals surface area contributed by atoms with Crippen LogP contribution in [0, 0.1) is 0 Å². The van der Waals surface area contributed by atoms with Crippen LogP contribution in [0.2, 0.25) is 0 Å². The number of nitrogens with zero attached hydrogens (tertiary/aromatic N) is 2. The lowest BCUT2D eigenvalue weighted by molar-refractivity contribution is -0.115. The normalized spacial score (nSPS) is 13.4. The highest BCUT2D eigenvalue weighted by Gasteiger charge is 2.04. The number of aromatic nitrogens is 1. The van der Waals surface area contributed by atoms with Crippen molar-refractivity contribution in [2.75, 3.05) is 13.1 Å². The monoisotopic (exact) mass is 247 g/mol. The Kier molecular flexibility index (Phi) is 6.22. The number of rotatable bonds is 7. The van der Waals surface area contributed by atoms with E-state index in [0.717, 1.165) is 18.0 Å². The third kappa shape index (κ3) is 5.68. The van der Waals surface area contributed by atoms with Gasteiger partial charge in [0.2, 0.25) is 0 Å². The topological polar surface area (TPSA) is 54.4 Å². The number of nitrogens with one attached hydrogen (secondary N) is 1. The van der Waals surface area contributed by atoms with E-state index in [4.69, 9.17) is 0 Å². The molecular formula is C14H21N3O. The summed E-state index contributed by atoms with van der Waals surface area (Å²) in [4.78, 5) is 19.5. The summed E-state index contributed by atoms with van der Waals surface area (Å²) in [6, 6.07) is 6.11. The number of Topliss-reactive ketones (excluding diaryl/α,β-unsaturated/α-hetero) is 1. The number of hydrogen-bond acceptors (Lipinski definition) is 4. The van der Waals surface area contributed by atoms with Gasteiger partial charge in [-0.05, 0) is 32.9 Å². The van der Waals surface area contributed by atoms with Crippen molar-refractivity contribution in [1.29, 1.82) is 0 Å². The average molecular weight is 247 g/mol. The second kappa shape index (κ2) is 7.71. The van der Waals surface area contributed by atoms with Crippen LogP contribution in [-0.2, 0) is 4.79 Å². The van der Waals surface area contributed by atoms with Crippen LogP contribution in [0.25, 0.3) is 0 Å². The number of pyridine rings is 1. The molecule has 0 saturated carbocycles. The smallest absolute Gasteiger partial charge is 0.135 e. The number of carbonyl (C=O) groups excluding carboxylic acids is 1. The van der Waals surface area contributed by atoms with Crippen molar-refractivity contribution in [3.63, 3.8) is 0 Å². The second-order valence-corrected chi connectivity index (χ2v) is 4.43. The summed E-state index contributed by atoms with van der Waals surface area (Å²) in [7, 11) is 0. The number of ketones is 1. The van der Waals surface area contributed by atoms with E-state index < -0.39 is 0 Å². The predicted octanol–water partition coefficient (Wildman–Crippen LogP) is 2.17. The first-order chi connectivity index (χ1) is 8.59. The molecule has 0 amide bonds. The lowest BCUT2D eigenvalue weighted by atomic mass is 10.2. The molecule has 1 aromatic heterocycles. The summed E-state index contributed by atoms with van der Waals surface area (Å²) >= 11 is 0. The van der Waals surface area contributed by atoms with E-state index in [-0.39, 0.29) is 11.8 Å². The first-order valence-electron chi connectivity index (χ1n) is 6.23. The van der Waals surface area contributed by atoms with Crippen molar-refractivity contribution in [1.82, 2.24) is 10.3 Å². The van der Waals surface area contributed by atoms with Crippen molar-refractivity contribution in [3.8, 4) is 0 Å². The van der Waals surface area contributed by atoms with Gasteiger partial charge in [0.1, 0.15) is 5.78 Å². The van der Waals surface area contributed by atoms with E-state index in [1.54, 1.807) is 13.1 Å². The van der Waals surface area contributed by atoms with E-state index in [1.165, 1.54) is 0 Å². The van der Waals surface area contributed by atoms with Gasteiger partial charge in [0, 0.05) is 30.9 Å². The minimum Gasteiger partial charge on any atom is -0.307 e. The molecular weight excluding hydrogens is 226 g/mol. The van der Waals surface area contributed by atoms with Gasteiger partial charge < -0.3 is 5.32 Å². The molecule has 1 aromatic rings. The van der Waals surface area contributed by atoms with Crippen molar-refractivity contribution < 1.29 is 4.79 Å². The lowest BCUT2D eigenvalue weighted by Gasteiger charge is -2.12. The quantitative estimate of drug-likeness (QED) is 0.593. The van der Waals surface area contributed by atoms with Crippen LogP contribution < -0.4 is 5.32 Å². The van der Waals surface area contributed by atoms with Gasteiger partial charge in [-0.15, -0.1) is 0 Å².